The first-order valence-corrected chi connectivity index (χ1v) is 6.13. The Kier molecular flexibility index (Phi) is 2.87. The molecule has 1 aromatic carbocycles. The van der Waals surface area contributed by atoms with Crippen LogP contribution in [0.2, 0.25) is 0 Å². The number of fused-ring (bicyclic) bond motifs is 1. The molecule has 2 amide bonds. The number of carbonyl (C=O) groups is 1. The van der Waals surface area contributed by atoms with Gasteiger partial charge in [0.2, 0.25) is 0 Å². The number of rotatable bonds is 1. The molecule has 19 heavy (non-hydrogen) atoms. The molecule has 0 radical (unpaired) electrons. The lowest BCUT2D eigenvalue weighted by Gasteiger charge is -2.16. The summed E-state index contributed by atoms with van der Waals surface area (Å²) in [6, 6.07) is 7.63. The predicted molar refractivity (Wildman–Crippen MR) is 71.5 cm³/mol. The van der Waals surface area contributed by atoms with E-state index in [-0.39, 0.29) is 6.03 Å². The van der Waals surface area contributed by atoms with Gasteiger partial charge in [0.15, 0.2) is 0 Å². The summed E-state index contributed by atoms with van der Waals surface area (Å²) >= 11 is 0. The second-order valence-corrected chi connectivity index (χ2v) is 4.65. The minimum Gasteiger partial charge on any atom is -0.314 e. The van der Waals surface area contributed by atoms with E-state index in [1.165, 1.54) is 11.9 Å². The summed E-state index contributed by atoms with van der Waals surface area (Å²) in [5.41, 5.74) is 3.91. The molecule has 5 nitrogen and oxygen atoms in total. The summed E-state index contributed by atoms with van der Waals surface area (Å²) in [7, 11) is 0. The summed E-state index contributed by atoms with van der Waals surface area (Å²) in [4.78, 5) is 22.0. The van der Waals surface area contributed by atoms with Crippen molar-refractivity contribution in [3.8, 4) is 0 Å². The fraction of sp³-hybridized carbons (Fsp3) is 0.214. The van der Waals surface area contributed by atoms with Crippen LogP contribution in [0, 0.1) is 6.92 Å². The van der Waals surface area contributed by atoms with E-state index in [2.05, 4.69) is 15.3 Å². The van der Waals surface area contributed by atoms with Crippen LogP contribution in [0.15, 0.2) is 36.8 Å². The zero-order chi connectivity index (χ0) is 13.2. The molecule has 0 bridgehead atoms. The maximum absolute atomic E-state index is 12.1. The molecule has 0 fully saturated rings. The average molecular weight is 254 g/mol. The highest BCUT2D eigenvalue weighted by Crippen LogP contribution is 2.20. The predicted octanol–water partition coefficient (Wildman–Crippen LogP) is 2.33. The van der Waals surface area contributed by atoms with Gasteiger partial charge in [-0.2, -0.15) is 0 Å². The third-order valence-electron chi connectivity index (χ3n) is 3.17. The van der Waals surface area contributed by atoms with Crippen LogP contribution in [0.5, 0.6) is 0 Å². The standard InChI is InChI=1S/C14H14N4O/c1-10-2-4-12(5-3-10)17-14(19)18-7-11-6-15-9-16-13(11)8-18/h2-6,9H,7-8H2,1H3,(H,17,19). The number of amides is 2. The van der Waals surface area contributed by atoms with Crippen molar-refractivity contribution in [1.29, 1.82) is 0 Å². The Morgan fingerprint density at radius 2 is 2.05 bits per heavy atom. The molecule has 2 aromatic rings. The normalized spacial score (nSPS) is 13.2. The molecule has 0 saturated heterocycles. The number of nitrogens with one attached hydrogen (secondary N) is 1. The first-order valence-electron chi connectivity index (χ1n) is 6.13. The van der Waals surface area contributed by atoms with Crippen LogP contribution in [-0.2, 0) is 13.1 Å². The third-order valence-corrected chi connectivity index (χ3v) is 3.17. The average Bonchev–Trinajstić information content (AvgIpc) is 2.85. The molecule has 0 atom stereocenters. The van der Waals surface area contributed by atoms with Crippen molar-refractivity contribution in [2.75, 3.05) is 5.32 Å². The van der Waals surface area contributed by atoms with Gasteiger partial charge < -0.3 is 10.2 Å². The van der Waals surface area contributed by atoms with E-state index in [0.29, 0.717) is 13.1 Å². The highest BCUT2D eigenvalue weighted by atomic mass is 16.2. The molecule has 1 aliphatic heterocycles. The van der Waals surface area contributed by atoms with Crippen LogP contribution >= 0.6 is 0 Å². The first-order chi connectivity index (χ1) is 9.22. The van der Waals surface area contributed by atoms with Gasteiger partial charge in [0.25, 0.3) is 0 Å². The van der Waals surface area contributed by atoms with E-state index in [4.69, 9.17) is 0 Å². The minimum absolute atomic E-state index is 0.109. The number of nitrogens with zero attached hydrogens (tertiary/aromatic N) is 3. The van der Waals surface area contributed by atoms with E-state index in [1.54, 1.807) is 11.1 Å². The Hall–Kier alpha value is -2.43. The Morgan fingerprint density at radius 3 is 2.79 bits per heavy atom. The Balaban J connectivity index is 1.68. The highest BCUT2D eigenvalue weighted by Gasteiger charge is 2.24. The van der Waals surface area contributed by atoms with E-state index in [9.17, 15) is 4.79 Å². The quantitative estimate of drug-likeness (QED) is 0.849. The topological polar surface area (TPSA) is 58.1 Å². The van der Waals surface area contributed by atoms with E-state index in [1.807, 2.05) is 31.2 Å². The first kappa shape index (κ1) is 11.6. The largest absolute Gasteiger partial charge is 0.322 e. The van der Waals surface area contributed by atoms with Gasteiger partial charge in [-0.15, -0.1) is 0 Å². The van der Waals surface area contributed by atoms with Crippen molar-refractivity contribution in [2.45, 2.75) is 20.0 Å². The van der Waals surface area contributed by atoms with Crippen molar-refractivity contribution < 1.29 is 4.79 Å². The molecule has 2 heterocycles. The lowest BCUT2D eigenvalue weighted by Crippen LogP contribution is -2.30. The van der Waals surface area contributed by atoms with E-state index in [0.717, 1.165) is 16.9 Å². The van der Waals surface area contributed by atoms with Gasteiger partial charge in [-0.25, -0.2) is 14.8 Å². The van der Waals surface area contributed by atoms with E-state index < -0.39 is 0 Å². The number of anilines is 1. The molecule has 1 aliphatic rings. The van der Waals surface area contributed by atoms with E-state index >= 15 is 0 Å². The zero-order valence-corrected chi connectivity index (χ0v) is 10.6. The smallest absolute Gasteiger partial charge is 0.314 e. The fourth-order valence-electron chi connectivity index (χ4n) is 2.08. The van der Waals surface area contributed by atoms with Crippen LogP contribution in [0.1, 0.15) is 16.8 Å². The van der Waals surface area contributed by atoms with Crippen LogP contribution in [0.4, 0.5) is 10.5 Å². The lowest BCUT2D eigenvalue weighted by atomic mass is 10.2. The van der Waals surface area contributed by atoms with Crippen molar-refractivity contribution in [1.82, 2.24) is 14.9 Å². The van der Waals surface area contributed by atoms with Crippen LogP contribution in [0.3, 0.4) is 0 Å². The summed E-state index contributed by atoms with van der Waals surface area (Å²) in [6.07, 6.45) is 3.28. The number of urea groups is 1. The molecule has 0 unspecified atom stereocenters. The molecule has 0 saturated carbocycles. The summed E-state index contributed by atoms with van der Waals surface area (Å²) in [5.74, 6) is 0. The number of benzene rings is 1. The summed E-state index contributed by atoms with van der Waals surface area (Å²) in [5, 5.41) is 2.88. The fourth-order valence-corrected chi connectivity index (χ4v) is 2.08. The second kappa shape index (κ2) is 4.68. The molecule has 0 aliphatic carbocycles. The molecule has 1 aromatic heterocycles. The van der Waals surface area contributed by atoms with Gasteiger partial charge in [-0.05, 0) is 19.1 Å². The maximum atomic E-state index is 12.1. The third kappa shape index (κ3) is 2.40. The monoisotopic (exact) mass is 254 g/mol. The summed E-state index contributed by atoms with van der Waals surface area (Å²) < 4.78 is 0. The number of carbonyl (C=O) groups excluding carboxylic acids is 1. The Morgan fingerprint density at radius 1 is 1.26 bits per heavy atom. The van der Waals surface area contributed by atoms with Crippen LogP contribution in [-0.4, -0.2) is 20.9 Å². The molecular weight excluding hydrogens is 240 g/mol. The van der Waals surface area contributed by atoms with Crippen LogP contribution in [0.25, 0.3) is 0 Å². The molecule has 3 rings (SSSR count). The molecule has 5 heteroatoms. The summed E-state index contributed by atoms with van der Waals surface area (Å²) in [6.45, 7) is 3.12. The SMILES string of the molecule is Cc1ccc(NC(=O)N2Cc3cncnc3C2)cc1. The van der Waals surface area contributed by atoms with Gasteiger partial charge in [0, 0.05) is 17.4 Å². The van der Waals surface area contributed by atoms with Gasteiger partial charge in [0.05, 0.1) is 18.8 Å². The van der Waals surface area contributed by atoms with Gasteiger partial charge in [-0.1, -0.05) is 17.7 Å². The number of aromatic nitrogens is 2. The van der Waals surface area contributed by atoms with Crippen molar-refractivity contribution in [3.05, 3.63) is 53.6 Å². The van der Waals surface area contributed by atoms with Crippen molar-refractivity contribution in [2.24, 2.45) is 0 Å². The number of hydrogen-bond acceptors (Lipinski definition) is 3. The minimum atomic E-state index is -0.109. The molecular formula is C14H14N4O. The van der Waals surface area contributed by atoms with Crippen molar-refractivity contribution >= 4 is 11.7 Å². The zero-order valence-electron chi connectivity index (χ0n) is 10.6. The highest BCUT2D eigenvalue weighted by molar-refractivity contribution is 5.89. The van der Waals surface area contributed by atoms with Gasteiger partial charge in [-0.3, -0.25) is 0 Å². The maximum Gasteiger partial charge on any atom is 0.322 e. The number of aryl methyl sites for hydroxylation is 1. The Bertz CT molecular complexity index is 584. The molecule has 1 N–H and O–H groups in total. The molecule has 0 spiro atoms. The van der Waals surface area contributed by atoms with Crippen LogP contribution < -0.4 is 5.32 Å². The van der Waals surface area contributed by atoms with Gasteiger partial charge >= 0.3 is 6.03 Å². The van der Waals surface area contributed by atoms with Gasteiger partial charge in [0.1, 0.15) is 6.33 Å². The Labute approximate surface area is 111 Å². The number of hydrogen-bond donors (Lipinski definition) is 1. The second-order valence-electron chi connectivity index (χ2n) is 4.65. The molecule has 96 valence electrons. The van der Waals surface area contributed by atoms with Crippen molar-refractivity contribution in [3.63, 3.8) is 0 Å². The lowest BCUT2D eigenvalue weighted by molar-refractivity contribution is 0.212.